The Hall–Kier alpha value is -4.73. The molecule has 1 unspecified atom stereocenters. The number of aliphatic carboxylic acids is 3. The van der Waals surface area contributed by atoms with Crippen LogP contribution in [0.15, 0.2) is 35.6 Å². The number of hydrogen-bond acceptors (Lipinski definition) is 14. The minimum atomic E-state index is -1.52. The van der Waals surface area contributed by atoms with E-state index in [9.17, 15) is 39.1 Å². The van der Waals surface area contributed by atoms with Crippen LogP contribution in [0.5, 0.6) is 17.2 Å². The van der Waals surface area contributed by atoms with Gasteiger partial charge in [0, 0.05) is 88.4 Å². The minimum Gasteiger partial charge on any atom is -0.609 e. The number of carbonyl (C=O) groups excluding carboxylic acids is 1. The highest BCUT2D eigenvalue weighted by Crippen LogP contribution is 2.31. The number of methoxy groups -OCH3 is 2. The second-order valence-electron chi connectivity index (χ2n) is 13.2. The number of ether oxygens (including phenoxy) is 3. The SMILES string of the molecule is COc1ccnc(C[S+]([O-])c2nc3cc(OCCCCCNC(=O)CN4CCN(CC(=O)O)CCN(CC(=O)O)CCN(CC(=O)O)CC4)ccc3[nH]2)c1OC. The number of pyridine rings is 1. The summed E-state index contributed by atoms with van der Waals surface area (Å²) in [4.78, 5) is 66.3. The highest BCUT2D eigenvalue weighted by atomic mass is 32.2. The Morgan fingerprint density at radius 3 is 1.91 bits per heavy atom. The second-order valence-corrected chi connectivity index (χ2v) is 14.6. The van der Waals surface area contributed by atoms with Crippen molar-refractivity contribution in [3.63, 3.8) is 0 Å². The molecule has 308 valence electrons. The molecule has 2 aromatic heterocycles. The highest BCUT2D eigenvalue weighted by Gasteiger charge is 2.24. The Morgan fingerprint density at radius 2 is 1.38 bits per heavy atom. The van der Waals surface area contributed by atoms with Crippen molar-refractivity contribution in [1.29, 1.82) is 0 Å². The maximum Gasteiger partial charge on any atom is 0.322 e. The molecule has 0 radical (unpaired) electrons. The lowest BCUT2D eigenvalue weighted by atomic mass is 10.2. The molecule has 1 fully saturated rings. The number of aromatic nitrogens is 3. The van der Waals surface area contributed by atoms with Gasteiger partial charge < -0.3 is 39.4 Å². The predicted octanol–water partition coefficient (Wildman–Crippen LogP) is 0.424. The van der Waals surface area contributed by atoms with Crippen LogP contribution >= 0.6 is 0 Å². The number of unbranched alkanes of at least 4 members (excludes halogenated alkanes) is 2. The van der Waals surface area contributed by atoms with Crippen molar-refractivity contribution in [3.05, 3.63) is 36.2 Å². The summed E-state index contributed by atoms with van der Waals surface area (Å²) in [5, 5.41) is 31.4. The van der Waals surface area contributed by atoms with Crippen LogP contribution in [0, 0.1) is 0 Å². The number of aromatic amines is 1. The number of benzene rings is 1. The first kappa shape index (κ1) is 44.0. The molecule has 56 heavy (non-hydrogen) atoms. The number of carboxylic acids is 3. The monoisotopic (exact) mass is 804 g/mol. The maximum atomic E-state index is 13.1. The molecule has 0 spiro atoms. The first-order chi connectivity index (χ1) is 26.9. The second kappa shape index (κ2) is 22.7. The molecule has 20 heteroatoms. The number of hydrogen-bond donors (Lipinski definition) is 5. The van der Waals surface area contributed by atoms with Crippen LogP contribution in [0.2, 0.25) is 0 Å². The van der Waals surface area contributed by atoms with Gasteiger partial charge in [0.1, 0.15) is 11.4 Å². The molecule has 5 N–H and O–H groups in total. The number of nitrogens with one attached hydrogen (secondary N) is 2. The van der Waals surface area contributed by atoms with E-state index in [1.165, 1.54) is 14.2 Å². The van der Waals surface area contributed by atoms with E-state index in [2.05, 4.69) is 20.3 Å². The van der Waals surface area contributed by atoms with Gasteiger partial charge in [-0.1, -0.05) is 0 Å². The number of fused-ring (bicyclic) bond motifs is 1. The standard InChI is InChI=1S/C36H52N8O11S/c1-53-30-8-10-37-29(35(30)54-2)25-56(52)36-39-27-7-6-26(20-28(27)40-36)55-19-5-3-4-9-38-31(45)21-41-11-13-42(22-32(46)47)15-17-44(24-34(50)51)18-16-43(14-12-41)23-33(48)49/h6-8,10,20H,3-5,9,11-19,21-25H2,1-2H3,(H,38,45)(H,39,40)(H,46,47)(H,48,49)(H,50,51). The average Bonchev–Trinajstić information content (AvgIpc) is 3.58. The average molecular weight is 805 g/mol. The van der Waals surface area contributed by atoms with Crippen LogP contribution in [0.4, 0.5) is 0 Å². The quantitative estimate of drug-likeness (QED) is 0.0767. The molecule has 1 atom stereocenters. The summed E-state index contributed by atoms with van der Waals surface area (Å²) in [6, 6.07) is 7.08. The van der Waals surface area contributed by atoms with Crippen molar-refractivity contribution >= 4 is 46.0 Å². The largest absolute Gasteiger partial charge is 0.609 e. The van der Waals surface area contributed by atoms with Crippen LogP contribution in [-0.2, 0) is 36.1 Å². The van der Waals surface area contributed by atoms with Gasteiger partial charge in [-0.2, -0.15) is 4.98 Å². The Balaban J connectivity index is 1.20. The molecule has 0 bridgehead atoms. The molecule has 1 aliphatic rings. The third-order valence-corrected chi connectivity index (χ3v) is 10.2. The van der Waals surface area contributed by atoms with E-state index in [4.69, 9.17) is 14.2 Å². The smallest absolute Gasteiger partial charge is 0.322 e. The number of carbonyl (C=O) groups is 4. The van der Waals surface area contributed by atoms with Crippen molar-refractivity contribution in [2.45, 2.75) is 30.2 Å². The molecule has 1 aliphatic heterocycles. The summed E-state index contributed by atoms with van der Waals surface area (Å²) in [5.74, 6) is -1.59. The third-order valence-electron chi connectivity index (χ3n) is 9.07. The van der Waals surface area contributed by atoms with Gasteiger partial charge >= 0.3 is 23.1 Å². The lowest BCUT2D eigenvalue weighted by Crippen LogP contribution is -2.49. The summed E-state index contributed by atoms with van der Waals surface area (Å²) in [7, 11) is 3.03. The molecular weight excluding hydrogens is 753 g/mol. The Labute approximate surface area is 328 Å². The van der Waals surface area contributed by atoms with Gasteiger partial charge in [0.25, 0.3) is 0 Å². The Kier molecular flexibility index (Phi) is 17.9. The molecule has 3 aromatic rings. The van der Waals surface area contributed by atoms with Crippen LogP contribution < -0.4 is 19.5 Å². The molecule has 1 aromatic carbocycles. The zero-order valence-electron chi connectivity index (χ0n) is 31.8. The highest BCUT2D eigenvalue weighted by molar-refractivity contribution is 7.90. The van der Waals surface area contributed by atoms with Gasteiger partial charge in [0.15, 0.2) is 17.3 Å². The molecule has 3 heterocycles. The van der Waals surface area contributed by atoms with Gasteiger partial charge in [-0.25, -0.2) is 0 Å². The van der Waals surface area contributed by atoms with Gasteiger partial charge in [-0.15, -0.1) is 0 Å². The van der Waals surface area contributed by atoms with Crippen molar-refractivity contribution in [2.75, 3.05) is 106 Å². The summed E-state index contributed by atoms with van der Waals surface area (Å²) in [6.07, 6.45) is 3.83. The van der Waals surface area contributed by atoms with Crippen LogP contribution in [0.25, 0.3) is 11.0 Å². The topological polar surface area (TPSA) is 246 Å². The van der Waals surface area contributed by atoms with Gasteiger partial charge in [0.05, 0.1) is 58.0 Å². The van der Waals surface area contributed by atoms with E-state index in [0.29, 0.717) is 105 Å². The first-order valence-electron chi connectivity index (χ1n) is 18.3. The van der Waals surface area contributed by atoms with E-state index >= 15 is 0 Å². The lowest BCUT2D eigenvalue weighted by Gasteiger charge is -2.32. The number of rotatable bonds is 20. The zero-order chi connectivity index (χ0) is 40.5. The first-order valence-corrected chi connectivity index (χ1v) is 19.6. The Morgan fingerprint density at radius 1 is 0.804 bits per heavy atom. The number of imidazole rings is 1. The van der Waals surface area contributed by atoms with Crippen molar-refractivity contribution in [1.82, 2.24) is 39.9 Å². The maximum absolute atomic E-state index is 13.1. The summed E-state index contributed by atoms with van der Waals surface area (Å²) in [6.45, 7) is 2.92. The zero-order valence-corrected chi connectivity index (χ0v) is 32.6. The molecule has 0 saturated carbocycles. The molecular formula is C36H52N8O11S. The van der Waals surface area contributed by atoms with Crippen molar-refractivity contribution in [3.8, 4) is 17.2 Å². The van der Waals surface area contributed by atoms with E-state index in [0.717, 1.165) is 19.3 Å². The predicted molar refractivity (Wildman–Crippen MR) is 205 cm³/mol. The summed E-state index contributed by atoms with van der Waals surface area (Å²) >= 11 is -1.52. The fourth-order valence-electron chi connectivity index (χ4n) is 6.17. The number of carboxylic acid groups (broad SMARTS) is 3. The minimum absolute atomic E-state index is 0.0626. The molecule has 19 nitrogen and oxygen atoms in total. The van der Waals surface area contributed by atoms with E-state index < -0.39 is 29.1 Å². The van der Waals surface area contributed by atoms with Crippen LogP contribution in [-0.4, -0.2) is 184 Å². The molecule has 0 aliphatic carbocycles. The Bertz CT molecular complexity index is 1720. The number of amides is 1. The summed E-state index contributed by atoms with van der Waals surface area (Å²) < 4.78 is 29.8. The summed E-state index contributed by atoms with van der Waals surface area (Å²) in [5.41, 5.74) is 1.82. The van der Waals surface area contributed by atoms with Gasteiger partial charge in [-0.3, -0.25) is 48.7 Å². The number of H-pyrrole nitrogens is 1. The molecule has 1 saturated heterocycles. The van der Waals surface area contributed by atoms with E-state index in [-0.39, 0.29) is 37.8 Å². The third kappa shape index (κ3) is 14.7. The number of nitrogens with zero attached hydrogens (tertiary/aromatic N) is 6. The fraction of sp³-hybridized carbons (Fsp3) is 0.556. The van der Waals surface area contributed by atoms with Crippen LogP contribution in [0.3, 0.4) is 0 Å². The van der Waals surface area contributed by atoms with Crippen molar-refractivity contribution in [2.24, 2.45) is 0 Å². The lowest BCUT2D eigenvalue weighted by molar-refractivity contribution is -0.140. The van der Waals surface area contributed by atoms with Gasteiger partial charge in [0.2, 0.25) is 5.91 Å². The van der Waals surface area contributed by atoms with Crippen LogP contribution in [0.1, 0.15) is 25.0 Å². The molecule has 4 rings (SSSR count). The fourth-order valence-corrected chi connectivity index (χ4v) is 7.19. The normalized spacial score (nSPS) is 16.1. The molecule has 1 amide bonds. The van der Waals surface area contributed by atoms with E-state index in [1.807, 2.05) is 17.0 Å². The van der Waals surface area contributed by atoms with Crippen molar-refractivity contribution < 1.29 is 53.3 Å². The van der Waals surface area contributed by atoms with Gasteiger partial charge in [-0.05, 0) is 31.4 Å². The van der Waals surface area contributed by atoms with E-state index in [1.54, 1.807) is 33.0 Å².